The van der Waals surface area contributed by atoms with Gasteiger partial charge in [0.25, 0.3) is 5.88 Å². The maximum absolute atomic E-state index is 14.1. The molecule has 7 rings (SSSR count). The van der Waals surface area contributed by atoms with Gasteiger partial charge in [0.15, 0.2) is 17.8 Å². The molecule has 1 aliphatic heterocycles. The molecule has 4 aromatic rings. The van der Waals surface area contributed by atoms with E-state index in [4.69, 9.17) is 23.5 Å². The first-order chi connectivity index (χ1) is 24.7. The maximum atomic E-state index is 14.1. The second-order valence-electron chi connectivity index (χ2n) is 14.6. The zero-order valence-corrected chi connectivity index (χ0v) is 32.3. The number of rotatable bonds is 8. The number of allylic oxidation sites excluding steroid dienone is 1. The Bertz CT molecular complexity index is 2070. The number of hydrogen-bond acceptors (Lipinski definition) is 11. The molecule has 0 bridgehead atoms. The number of benzene rings is 3. The summed E-state index contributed by atoms with van der Waals surface area (Å²) >= 11 is 3.53. The molecule has 0 radical (unpaired) electrons. The van der Waals surface area contributed by atoms with Gasteiger partial charge in [0.1, 0.15) is 23.5 Å². The lowest BCUT2D eigenvalue weighted by Gasteiger charge is -2.33. The minimum atomic E-state index is -1.07. The third-order valence-corrected chi connectivity index (χ3v) is 10.0. The zero-order valence-electron chi connectivity index (χ0n) is 30.7. The van der Waals surface area contributed by atoms with E-state index in [1.54, 1.807) is 20.8 Å². The van der Waals surface area contributed by atoms with Gasteiger partial charge in [-0.3, -0.25) is 9.59 Å². The molecule has 0 saturated carbocycles. The molecule has 1 saturated heterocycles. The standard InChI is InChI=1S/C38H37BrN2O8.C2H7N/c1-20-22(14-23-16-29-30(33(43)38(23)34(20)47-38)35(40-49-29)45-19-21-10-8-7-9-11-21)15-26-28(18-42)32(46-36(44)48-37(2,3)4)27-17-24(39)12-13-25(27)31(26)41(5)6;1-3-2/h7-13,17-18,22-23H,14-16,19H2,1-6H3;3H,1-2H3/t22?,23-,38+;/m0./s1. The number of aromatic nitrogens is 1. The van der Waals surface area contributed by atoms with E-state index < -0.39 is 17.4 Å². The van der Waals surface area contributed by atoms with Crippen molar-refractivity contribution < 1.29 is 37.9 Å². The minimum Gasteiger partial charge on any atom is -0.470 e. The molecule has 0 amide bonds. The van der Waals surface area contributed by atoms with E-state index in [2.05, 4.69) is 26.4 Å². The molecule has 52 heavy (non-hydrogen) atoms. The van der Waals surface area contributed by atoms with Crippen molar-refractivity contribution in [2.24, 2.45) is 11.8 Å². The molecule has 2 heterocycles. The third-order valence-electron chi connectivity index (χ3n) is 9.55. The van der Waals surface area contributed by atoms with Crippen molar-refractivity contribution in [1.82, 2.24) is 10.5 Å². The van der Waals surface area contributed by atoms with Gasteiger partial charge >= 0.3 is 6.16 Å². The molecule has 1 unspecified atom stereocenters. The normalized spacial score (nSPS) is 20.1. The van der Waals surface area contributed by atoms with Gasteiger partial charge in [-0.2, -0.15) is 0 Å². The number of Topliss-reactive ketones (excluding diaryl/α,β-unsaturated/α-hetero) is 1. The fourth-order valence-electron chi connectivity index (χ4n) is 7.39. The maximum Gasteiger partial charge on any atom is 0.514 e. The molecule has 2 aliphatic carbocycles. The van der Waals surface area contributed by atoms with E-state index >= 15 is 0 Å². The summed E-state index contributed by atoms with van der Waals surface area (Å²) in [5.74, 6) is 1.00. The van der Waals surface area contributed by atoms with Gasteiger partial charge in [0.05, 0.1) is 5.56 Å². The Morgan fingerprint density at radius 3 is 2.50 bits per heavy atom. The van der Waals surface area contributed by atoms with Crippen LogP contribution >= 0.6 is 15.9 Å². The van der Waals surface area contributed by atoms with Gasteiger partial charge in [0.2, 0.25) is 11.4 Å². The van der Waals surface area contributed by atoms with Crippen LogP contribution in [0.1, 0.15) is 71.7 Å². The third kappa shape index (κ3) is 6.81. The Morgan fingerprint density at radius 2 is 1.85 bits per heavy atom. The van der Waals surface area contributed by atoms with Crippen LogP contribution in [-0.2, 0) is 28.9 Å². The number of nitrogens with one attached hydrogen (secondary N) is 1. The first-order valence-electron chi connectivity index (χ1n) is 17.2. The summed E-state index contributed by atoms with van der Waals surface area (Å²) in [4.78, 5) is 42.1. The Morgan fingerprint density at radius 1 is 1.13 bits per heavy atom. The van der Waals surface area contributed by atoms with E-state index in [0.29, 0.717) is 41.7 Å². The summed E-state index contributed by atoms with van der Waals surface area (Å²) in [5, 5.41) is 8.29. The van der Waals surface area contributed by atoms with Crippen LogP contribution in [0.15, 0.2) is 68.9 Å². The van der Waals surface area contributed by atoms with Crippen molar-refractivity contribution in [2.75, 3.05) is 33.1 Å². The van der Waals surface area contributed by atoms with Gasteiger partial charge < -0.3 is 33.7 Å². The van der Waals surface area contributed by atoms with Gasteiger partial charge in [-0.1, -0.05) is 52.3 Å². The monoisotopic (exact) mass is 773 g/mol. The summed E-state index contributed by atoms with van der Waals surface area (Å²) in [7, 11) is 7.60. The number of nitrogens with zero attached hydrogens (tertiary/aromatic N) is 2. The van der Waals surface area contributed by atoms with E-state index in [9.17, 15) is 14.4 Å². The van der Waals surface area contributed by atoms with Crippen LogP contribution in [0.25, 0.3) is 10.8 Å². The molecule has 3 aliphatic rings. The van der Waals surface area contributed by atoms with Crippen LogP contribution in [0.4, 0.5) is 10.5 Å². The van der Waals surface area contributed by atoms with E-state index in [-0.39, 0.29) is 41.4 Å². The Labute approximate surface area is 311 Å². The SMILES string of the molecule is CC1=C2O[C@]23C(=O)c2c(OCc4ccccc4)noc2C[C@@H]3CC1Cc1c(C=O)c(OC(=O)OC(C)(C)C)c2cc(Br)ccc2c1N(C)C.CNC. The first kappa shape index (κ1) is 37.1. The predicted octanol–water partition coefficient (Wildman–Crippen LogP) is 7.86. The number of ketones is 1. The second kappa shape index (κ2) is 14.4. The Balaban J connectivity index is 0.00000150. The summed E-state index contributed by atoms with van der Waals surface area (Å²) in [6.07, 6.45) is 1.34. The van der Waals surface area contributed by atoms with Gasteiger partial charge in [-0.15, -0.1) is 0 Å². The second-order valence-corrected chi connectivity index (χ2v) is 15.5. The number of epoxide rings is 1. The molecule has 1 N–H and O–H groups in total. The molecule has 11 nitrogen and oxygen atoms in total. The van der Waals surface area contributed by atoms with Gasteiger partial charge in [-0.25, -0.2) is 4.79 Å². The van der Waals surface area contributed by atoms with Crippen LogP contribution in [0.2, 0.25) is 0 Å². The highest BCUT2D eigenvalue weighted by atomic mass is 79.9. The van der Waals surface area contributed by atoms with Crippen LogP contribution in [0.5, 0.6) is 11.6 Å². The molecule has 274 valence electrons. The van der Waals surface area contributed by atoms with Crippen molar-refractivity contribution in [1.29, 1.82) is 0 Å². The van der Waals surface area contributed by atoms with Crippen LogP contribution < -0.4 is 19.7 Å². The van der Waals surface area contributed by atoms with E-state index in [1.165, 1.54) is 0 Å². The fourth-order valence-corrected chi connectivity index (χ4v) is 7.75. The zero-order chi connectivity index (χ0) is 37.5. The largest absolute Gasteiger partial charge is 0.514 e. The summed E-state index contributed by atoms with van der Waals surface area (Å²) in [6, 6.07) is 15.4. The Hall–Kier alpha value is -4.68. The fraction of sp³-hybridized carbons (Fsp3) is 0.400. The predicted molar refractivity (Wildman–Crippen MR) is 200 cm³/mol. The highest BCUT2D eigenvalue weighted by Crippen LogP contribution is 2.62. The summed E-state index contributed by atoms with van der Waals surface area (Å²) in [6.45, 7) is 7.49. The van der Waals surface area contributed by atoms with Crippen LogP contribution in [0, 0.1) is 11.8 Å². The number of fused-ring (bicyclic) bond motifs is 2. The molecule has 12 heteroatoms. The molecular formula is C40H44BrN3O8. The average Bonchev–Trinajstić information content (AvgIpc) is 3.72. The number of carbonyl (C=O) groups excluding carboxylic acids is 3. The van der Waals surface area contributed by atoms with Crippen molar-refractivity contribution in [3.63, 3.8) is 0 Å². The number of anilines is 1. The smallest absolute Gasteiger partial charge is 0.470 e. The molecule has 1 fully saturated rings. The highest BCUT2D eigenvalue weighted by molar-refractivity contribution is 9.10. The topological polar surface area (TPSA) is 133 Å². The average molecular weight is 775 g/mol. The van der Waals surface area contributed by atoms with Crippen molar-refractivity contribution >= 4 is 50.6 Å². The van der Waals surface area contributed by atoms with Gasteiger partial charge in [0, 0.05) is 47.4 Å². The lowest BCUT2D eigenvalue weighted by atomic mass is 9.66. The lowest BCUT2D eigenvalue weighted by molar-refractivity contribution is 0.0208. The number of halogens is 1. The number of hydrogen-bond donors (Lipinski definition) is 1. The number of carbonyl (C=O) groups is 3. The first-order valence-corrected chi connectivity index (χ1v) is 18.0. The lowest BCUT2D eigenvalue weighted by Crippen LogP contribution is -2.42. The molecule has 3 aromatic carbocycles. The summed E-state index contributed by atoms with van der Waals surface area (Å²) in [5.41, 5.74) is 2.21. The number of aldehydes is 1. The molecular weight excluding hydrogens is 730 g/mol. The summed E-state index contributed by atoms with van der Waals surface area (Å²) < 4.78 is 30.0. The highest BCUT2D eigenvalue weighted by Gasteiger charge is 2.71. The number of ether oxygens (including phenoxy) is 4. The molecule has 1 spiro atoms. The van der Waals surface area contributed by atoms with Crippen molar-refractivity contribution in [2.45, 2.75) is 64.8 Å². The molecule has 1 aromatic heterocycles. The quantitative estimate of drug-likeness (QED) is 0.0812. The van der Waals surface area contributed by atoms with E-state index in [1.807, 2.05) is 88.5 Å². The van der Waals surface area contributed by atoms with E-state index in [0.717, 1.165) is 38.5 Å². The minimum absolute atomic E-state index is 0.0821. The van der Waals surface area contributed by atoms with Crippen molar-refractivity contribution in [3.05, 3.63) is 92.3 Å². The Kier molecular flexibility index (Phi) is 10.3. The van der Waals surface area contributed by atoms with Crippen LogP contribution in [0.3, 0.4) is 0 Å². The van der Waals surface area contributed by atoms with Crippen molar-refractivity contribution in [3.8, 4) is 11.6 Å². The van der Waals surface area contributed by atoms with Crippen LogP contribution in [-0.4, -0.2) is 62.8 Å². The molecule has 3 atom stereocenters. The van der Waals surface area contributed by atoms with Gasteiger partial charge in [-0.05, 0) is 94.5 Å².